The summed E-state index contributed by atoms with van der Waals surface area (Å²) >= 11 is 0. The van der Waals surface area contributed by atoms with Crippen molar-refractivity contribution in [2.45, 2.75) is 59.5 Å². The number of carbonyl (C=O) groups excluding carboxylic acids is 1. The van der Waals surface area contributed by atoms with Crippen LogP contribution in [0.2, 0.25) is 0 Å². The van der Waals surface area contributed by atoms with Crippen LogP contribution < -0.4 is 16.0 Å². The van der Waals surface area contributed by atoms with E-state index < -0.39 is 0 Å². The zero-order valence-corrected chi connectivity index (χ0v) is 19.4. The molecule has 0 unspecified atom stereocenters. The maximum atomic E-state index is 12.4. The molecule has 2 aliphatic heterocycles. The van der Waals surface area contributed by atoms with E-state index in [-0.39, 0.29) is 22.8 Å². The third-order valence-electron chi connectivity index (χ3n) is 5.94. The summed E-state index contributed by atoms with van der Waals surface area (Å²) in [4.78, 5) is 21.8. The molecule has 3 heterocycles. The third kappa shape index (κ3) is 4.49. The average molecular weight is 420 g/mol. The molecular weight excluding hydrogens is 386 g/mol. The Morgan fingerprint density at radius 3 is 2.74 bits per heavy atom. The summed E-state index contributed by atoms with van der Waals surface area (Å²) in [6, 6.07) is 6.36. The quantitative estimate of drug-likeness (QED) is 0.704. The van der Waals surface area contributed by atoms with Gasteiger partial charge in [-0.2, -0.15) is 0 Å². The number of nitrogens with zero attached hydrogens (tertiary/aromatic N) is 2. The van der Waals surface area contributed by atoms with Crippen LogP contribution in [0.25, 0.3) is 5.57 Å². The van der Waals surface area contributed by atoms with Crippen LogP contribution in [0.5, 0.6) is 0 Å². The van der Waals surface area contributed by atoms with Crippen molar-refractivity contribution in [3.63, 3.8) is 0 Å². The molecule has 6 heteroatoms. The molecule has 3 N–H and O–H groups in total. The average Bonchev–Trinajstić information content (AvgIpc) is 2.87. The van der Waals surface area contributed by atoms with E-state index in [1.807, 2.05) is 18.3 Å². The summed E-state index contributed by atoms with van der Waals surface area (Å²) in [6.07, 6.45) is 4.16. The van der Waals surface area contributed by atoms with E-state index in [4.69, 9.17) is 4.98 Å². The van der Waals surface area contributed by atoms with Crippen LogP contribution in [0.15, 0.2) is 30.5 Å². The van der Waals surface area contributed by atoms with Gasteiger partial charge in [-0.1, -0.05) is 46.8 Å². The van der Waals surface area contributed by atoms with Gasteiger partial charge < -0.3 is 16.0 Å². The van der Waals surface area contributed by atoms with Gasteiger partial charge in [0.1, 0.15) is 0 Å². The smallest absolute Gasteiger partial charge is 0.251 e. The van der Waals surface area contributed by atoms with Crippen LogP contribution in [0, 0.1) is 5.41 Å². The largest absolute Gasteiger partial charge is 0.354 e. The fourth-order valence-corrected chi connectivity index (χ4v) is 4.08. The molecule has 2 aromatic rings. The first kappa shape index (κ1) is 21.5. The molecule has 0 radical (unpaired) electrons. The molecule has 2 aliphatic rings. The monoisotopic (exact) mass is 419 g/mol. The minimum Gasteiger partial charge on any atom is -0.354 e. The van der Waals surface area contributed by atoms with Crippen LogP contribution in [0.1, 0.15) is 74.3 Å². The Labute approximate surface area is 185 Å². The molecule has 1 amide bonds. The van der Waals surface area contributed by atoms with E-state index in [2.05, 4.69) is 74.6 Å². The van der Waals surface area contributed by atoms with Gasteiger partial charge >= 0.3 is 0 Å². The lowest BCUT2D eigenvalue weighted by Gasteiger charge is -2.33. The van der Waals surface area contributed by atoms with Crippen molar-refractivity contribution in [1.29, 1.82) is 0 Å². The maximum absolute atomic E-state index is 12.4. The predicted octanol–water partition coefficient (Wildman–Crippen LogP) is 3.88. The molecule has 6 nitrogen and oxygen atoms in total. The fraction of sp³-hybridized carbons (Fsp3) is 0.480. The summed E-state index contributed by atoms with van der Waals surface area (Å²) < 4.78 is 0. The fourth-order valence-electron chi connectivity index (χ4n) is 4.08. The molecule has 4 rings (SSSR count). The van der Waals surface area contributed by atoms with Crippen molar-refractivity contribution in [3.8, 4) is 0 Å². The standard InChI is InChI=1S/C25H33N5O/c1-15-9-18(16-7-8-17-20(10-16)25(5,6)14-28-22(17)31)19-11-27-23(29-13-24(2,3)4)30-21(19)12-26-15/h7-11,15,26H,12-14H2,1-6H3,(H,28,31)(H,27,29,30)/t15-/m1/s1. The highest BCUT2D eigenvalue weighted by Gasteiger charge is 2.32. The maximum Gasteiger partial charge on any atom is 0.251 e. The summed E-state index contributed by atoms with van der Waals surface area (Å²) in [5.41, 5.74) is 6.11. The van der Waals surface area contributed by atoms with Gasteiger partial charge in [0.25, 0.3) is 5.91 Å². The Hall–Kier alpha value is -2.73. The van der Waals surface area contributed by atoms with Gasteiger partial charge in [-0.15, -0.1) is 0 Å². The second kappa shape index (κ2) is 7.75. The summed E-state index contributed by atoms with van der Waals surface area (Å²) in [7, 11) is 0. The van der Waals surface area contributed by atoms with Gasteiger partial charge in [-0.3, -0.25) is 4.79 Å². The van der Waals surface area contributed by atoms with Crippen LogP contribution >= 0.6 is 0 Å². The van der Waals surface area contributed by atoms with Gasteiger partial charge in [0.15, 0.2) is 0 Å². The van der Waals surface area contributed by atoms with Crippen molar-refractivity contribution < 1.29 is 4.79 Å². The molecule has 164 valence electrons. The Kier molecular flexibility index (Phi) is 5.38. The lowest BCUT2D eigenvalue weighted by Crippen LogP contribution is -2.43. The van der Waals surface area contributed by atoms with Gasteiger partial charge in [0.2, 0.25) is 5.95 Å². The Morgan fingerprint density at radius 2 is 2.00 bits per heavy atom. The van der Waals surface area contributed by atoms with Crippen molar-refractivity contribution in [2.24, 2.45) is 5.41 Å². The second-order valence-electron chi connectivity index (χ2n) is 10.5. The first-order valence-corrected chi connectivity index (χ1v) is 11.0. The van der Waals surface area contributed by atoms with Gasteiger partial charge in [-0.05, 0) is 41.2 Å². The Bertz CT molecular complexity index is 1050. The van der Waals surface area contributed by atoms with Crippen LogP contribution in [0.4, 0.5) is 5.95 Å². The molecule has 1 aromatic carbocycles. The summed E-state index contributed by atoms with van der Waals surface area (Å²) in [6.45, 7) is 15.2. The molecule has 0 saturated carbocycles. The highest BCUT2D eigenvalue weighted by Crippen LogP contribution is 2.35. The lowest BCUT2D eigenvalue weighted by atomic mass is 9.77. The van der Waals surface area contributed by atoms with Crippen molar-refractivity contribution >= 4 is 17.4 Å². The number of nitrogens with one attached hydrogen (secondary N) is 3. The van der Waals surface area contributed by atoms with Gasteiger partial charge in [0.05, 0.1) is 5.69 Å². The first-order chi connectivity index (χ1) is 14.5. The van der Waals surface area contributed by atoms with E-state index in [9.17, 15) is 4.79 Å². The summed E-state index contributed by atoms with van der Waals surface area (Å²) in [5.74, 6) is 0.664. The number of rotatable bonds is 3. The molecule has 31 heavy (non-hydrogen) atoms. The normalized spacial score (nSPS) is 20.1. The summed E-state index contributed by atoms with van der Waals surface area (Å²) in [5, 5.41) is 9.89. The molecule has 0 aliphatic carbocycles. The molecular formula is C25H33N5O. The number of benzene rings is 1. The highest BCUT2D eigenvalue weighted by atomic mass is 16.1. The van der Waals surface area contributed by atoms with Crippen molar-refractivity contribution in [3.05, 3.63) is 58.4 Å². The first-order valence-electron chi connectivity index (χ1n) is 11.0. The van der Waals surface area contributed by atoms with Gasteiger partial charge in [0, 0.05) is 48.4 Å². The SMILES string of the molecule is C[C@@H]1C=C(c2ccc3c(c2)C(C)(C)CNC3=O)c2cnc(NCC(C)(C)C)nc2CN1. The number of aromatic nitrogens is 2. The predicted molar refractivity (Wildman–Crippen MR) is 125 cm³/mol. The Balaban J connectivity index is 1.75. The topological polar surface area (TPSA) is 78.9 Å². The van der Waals surface area contributed by atoms with E-state index >= 15 is 0 Å². The zero-order chi connectivity index (χ0) is 22.4. The number of carbonyl (C=O) groups is 1. The minimum atomic E-state index is -0.117. The molecule has 0 spiro atoms. The molecule has 1 aromatic heterocycles. The van der Waals surface area contributed by atoms with Crippen LogP contribution in [-0.2, 0) is 12.0 Å². The molecule has 0 bridgehead atoms. The van der Waals surface area contributed by atoms with E-state index in [1.54, 1.807) is 0 Å². The van der Waals surface area contributed by atoms with Gasteiger partial charge in [-0.25, -0.2) is 9.97 Å². The van der Waals surface area contributed by atoms with Crippen LogP contribution in [0.3, 0.4) is 0 Å². The lowest BCUT2D eigenvalue weighted by molar-refractivity contribution is 0.0930. The van der Waals surface area contributed by atoms with Crippen molar-refractivity contribution in [2.75, 3.05) is 18.4 Å². The Morgan fingerprint density at radius 1 is 1.23 bits per heavy atom. The number of anilines is 1. The van der Waals surface area contributed by atoms with Crippen molar-refractivity contribution in [1.82, 2.24) is 20.6 Å². The highest BCUT2D eigenvalue weighted by molar-refractivity contribution is 5.98. The van der Waals surface area contributed by atoms with Crippen LogP contribution in [-0.4, -0.2) is 35.0 Å². The third-order valence-corrected chi connectivity index (χ3v) is 5.94. The second-order valence-corrected chi connectivity index (χ2v) is 10.5. The molecule has 0 fully saturated rings. The minimum absolute atomic E-state index is 0.00375. The molecule has 1 atom stereocenters. The van der Waals surface area contributed by atoms with E-state index in [0.717, 1.165) is 40.1 Å². The molecule has 0 saturated heterocycles. The van der Waals surface area contributed by atoms with E-state index in [1.165, 1.54) is 0 Å². The number of fused-ring (bicyclic) bond motifs is 2. The van der Waals surface area contributed by atoms with E-state index in [0.29, 0.717) is 19.0 Å². The number of hydrogen-bond acceptors (Lipinski definition) is 5. The number of amides is 1. The zero-order valence-electron chi connectivity index (χ0n) is 19.4. The number of hydrogen-bond donors (Lipinski definition) is 3.